The van der Waals surface area contributed by atoms with Crippen molar-refractivity contribution in [2.24, 2.45) is 0 Å². The number of rotatable bonds is 8. The van der Waals surface area contributed by atoms with E-state index >= 15 is 0 Å². The Morgan fingerprint density at radius 2 is 0.592 bits per heavy atom. The first-order chi connectivity index (χ1) is 37.5. The summed E-state index contributed by atoms with van der Waals surface area (Å²) < 4.78 is 13.1. The summed E-state index contributed by atoms with van der Waals surface area (Å²) in [5.41, 5.74) is 14.1. The van der Waals surface area contributed by atoms with Crippen LogP contribution >= 0.6 is 0 Å². The van der Waals surface area contributed by atoms with Gasteiger partial charge in [0.2, 0.25) is 0 Å². The van der Waals surface area contributed by atoms with Crippen molar-refractivity contribution in [3.63, 3.8) is 0 Å². The van der Waals surface area contributed by atoms with Gasteiger partial charge < -0.3 is 19.3 Å². The maximum Gasteiger partial charge on any atom is 0.187 e. The zero-order valence-corrected chi connectivity index (χ0v) is 40.3. The maximum atomic E-state index is 7.84. The van der Waals surface area contributed by atoms with Crippen LogP contribution in [0.5, 0.6) is 23.0 Å². The molecule has 2 aliphatic rings. The second-order valence-corrected chi connectivity index (χ2v) is 18.1. The van der Waals surface area contributed by atoms with Crippen molar-refractivity contribution in [1.82, 2.24) is 15.0 Å². The standard InChI is InChI=1S/C66H38N8O2/c1-67-49-18-12-15-44(37-49)42-29-31-43(32-30-42)64-70-65(52-35-33-47(45-16-13-19-50(38-45)68-2)40-58(52)73-54-21-4-8-25-60(54)75-61-26-9-5-22-55(61)73)72-66(71-64)53-36-34-48(46-17-14-20-51(39-46)69-3)41-59(53)74-56-23-6-10-27-62(56)76-63-28-11-7-24-57(63)74/h4-41H. The molecule has 0 fully saturated rings. The molecule has 10 nitrogen and oxygen atoms in total. The summed E-state index contributed by atoms with van der Waals surface area (Å²) in [5.74, 6) is 4.00. The Labute approximate surface area is 438 Å². The summed E-state index contributed by atoms with van der Waals surface area (Å²) in [6.45, 7) is 23.3. The number of fused-ring (bicyclic) bond motifs is 4. The highest BCUT2D eigenvalue weighted by Crippen LogP contribution is 2.55. The maximum absolute atomic E-state index is 7.84. The molecule has 0 radical (unpaired) electrons. The zero-order valence-electron chi connectivity index (χ0n) is 40.3. The van der Waals surface area contributed by atoms with Gasteiger partial charge in [0.05, 0.1) is 53.8 Å². The first-order valence-corrected chi connectivity index (χ1v) is 24.4. The molecule has 13 rings (SSSR count). The van der Waals surface area contributed by atoms with Crippen LogP contribution in [0, 0.1) is 19.7 Å². The number of nitrogens with zero attached hydrogens (tertiary/aromatic N) is 8. The van der Waals surface area contributed by atoms with Crippen molar-refractivity contribution < 1.29 is 9.47 Å². The molecule has 0 saturated heterocycles. The van der Waals surface area contributed by atoms with Crippen molar-refractivity contribution in [2.75, 3.05) is 9.80 Å². The molecule has 2 aliphatic heterocycles. The number of ether oxygens (including phenoxy) is 2. The van der Waals surface area contributed by atoms with E-state index in [1.807, 2.05) is 188 Å². The van der Waals surface area contributed by atoms with Crippen molar-refractivity contribution in [1.29, 1.82) is 0 Å². The number of para-hydroxylation sites is 8. The van der Waals surface area contributed by atoms with Crippen molar-refractivity contribution in [3.05, 3.63) is 265 Å². The Morgan fingerprint density at radius 3 is 0.974 bits per heavy atom. The van der Waals surface area contributed by atoms with E-state index in [-0.39, 0.29) is 0 Å². The van der Waals surface area contributed by atoms with E-state index in [1.54, 1.807) is 6.07 Å². The van der Waals surface area contributed by atoms with Crippen molar-refractivity contribution >= 4 is 51.2 Å². The van der Waals surface area contributed by atoms with Crippen LogP contribution in [-0.4, -0.2) is 15.0 Å². The molecule has 10 aromatic carbocycles. The van der Waals surface area contributed by atoms with Crippen LogP contribution in [0.4, 0.5) is 51.2 Å². The van der Waals surface area contributed by atoms with Gasteiger partial charge in [-0.25, -0.2) is 29.5 Å². The minimum atomic E-state index is 0.411. The molecular formula is C66H38N8O2. The highest BCUT2D eigenvalue weighted by atomic mass is 16.5. The molecule has 11 aromatic rings. The van der Waals surface area contributed by atoms with Gasteiger partial charge >= 0.3 is 0 Å². The first kappa shape index (κ1) is 44.8. The molecule has 10 heteroatoms. The molecule has 76 heavy (non-hydrogen) atoms. The van der Waals surface area contributed by atoms with Gasteiger partial charge in [-0.2, -0.15) is 0 Å². The summed E-state index contributed by atoms with van der Waals surface area (Å²) >= 11 is 0. The van der Waals surface area contributed by atoms with Crippen LogP contribution < -0.4 is 19.3 Å². The molecule has 0 aliphatic carbocycles. The largest absolute Gasteiger partial charge is 0.453 e. The predicted octanol–water partition coefficient (Wildman–Crippen LogP) is 18.7. The number of anilines is 6. The van der Waals surface area contributed by atoms with Gasteiger partial charge in [-0.1, -0.05) is 140 Å². The molecule has 0 N–H and O–H groups in total. The van der Waals surface area contributed by atoms with E-state index in [0.29, 0.717) is 68.7 Å². The zero-order chi connectivity index (χ0) is 51.1. The number of aromatic nitrogens is 3. The van der Waals surface area contributed by atoms with Gasteiger partial charge in [0, 0.05) is 16.7 Å². The summed E-state index contributed by atoms with van der Waals surface area (Å²) in [5, 5.41) is 0. The van der Waals surface area contributed by atoms with Gasteiger partial charge in [0.1, 0.15) is 0 Å². The van der Waals surface area contributed by atoms with Crippen LogP contribution in [0.1, 0.15) is 0 Å². The van der Waals surface area contributed by atoms with E-state index in [0.717, 1.165) is 73.1 Å². The monoisotopic (exact) mass is 974 g/mol. The van der Waals surface area contributed by atoms with E-state index in [1.165, 1.54) is 0 Å². The van der Waals surface area contributed by atoms with Gasteiger partial charge in [-0.15, -0.1) is 0 Å². The molecule has 0 bridgehead atoms. The fourth-order valence-corrected chi connectivity index (χ4v) is 9.92. The Morgan fingerprint density at radius 1 is 0.276 bits per heavy atom. The quantitative estimate of drug-likeness (QED) is 0.140. The highest BCUT2D eigenvalue weighted by Gasteiger charge is 2.31. The van der Waals surface area contributed by atoms with Gasteiger partial charge in [0.25, 0.3) is 0 Å². The first-order valence-electron chi connectivity index (χ1n) is 24.4. The molecule has 3 heterocycles. The third kappa shape index (κ3) is 8.06. The van der Waals surface area contributed by atoms with Crippen LogP contribution in [-0.2, 0) is 0 Å². The molecule has 354 valence electrons. The Hall–Kier alpha value is -11.1. The lowest BCUT2D eigenvalue weighted by Gasteiger charge is -2.34. The lowest BCUT2D eigenvalue weighted by atomic mass is 9.98. The average molecular weight is 975 g/mol. The van der Waals surface area contributed by atoms with Gasteiger partial charge in [-0.05, 0) is 124 Å². The van der Waals surface area contributed by atoms with Crippen LogP contribution in [0.3, 0.4) is 0 Å². The molecule has 1 aromatic heterocycles. The normalized spacial score (nSPS) is 11.8. The summed E-state index contributed by atoms with van der Waals surface area (Å²) in [4.78, 5) is 31.9. The molecule has 0 amide bonds. The van der Waals surface area contributed by atoms with Crippen molar-refractivity contribution in [3.8, 4) is 90.5 Å². The van der Waals surface area contributed by atoms with Crippen LogP contribution in [0.2, 0.25) is 0 Å². The Bertz CT molecular complexity index is 3950. The highest BCUT2D eigenvalue weighted by molar-refractivity contribution is 5.97. The fraction of sp³-hybridized carbons (Fsp3) is 0. The van der Waals surface area contributed by atoms with E-state index in [2.05, 4.69) is 60.7 Å². The third-order valence-corrected chi connectivity index (χ3v) is 13.5. The van der Waals surface area contributed by atoms with Crippen LogP contribution in [0.15, 0.2) is 231 Å². The van der Waals surface area contributed by atoms with Crippen LogP contribution in [0.25, 0.3) is 82.1 Å². The minimum absolute atomic E-state index is 0.411. The summed E-state index contributed by atoms with van der Waals surface area (Å²) in [6.07, 6.45) is 0. The predicted molar refractivity (Wildman–Crippen MR) is 301 cm³/mol. The second kappa shape index (κ2) is 18.8. The smallest absolute Gasteiger partial charge is 0.187 e. The number of hydrogen-bond donors (Lipinski definition) is 0. The lowest BCUT2D eigenvalue weighted by molar-refractivity contribution is 0.477. The molecular weight excluding hydrogens is 937 g/mol. The molecule has 0 saturated carbocycles. The second-order valence-electron chi connectivity index (χ2n) is 18.1. The summed E-state index contributed by atoms with van der Waals surface area (Å²) in [6, 6.07) is 75.3. The molecule has 0 spiro atoms. The Kier molecular flexibility index (Phi) is 11.1. The van der Waals surface area contributed by atoms with E-state index in [9.17, 15) is 0 Å². The number of benzene rings is 10. The lowest BCUT2D eigenvalue weighted by Crippen LogP contribution is -2.17. The Balaban J connectivity index is 1.08. The van der Waals surface area contributed by atoms with Gasteiger partial charge in [0.15, 0.2) is 57.5 Å². The fourth-order valence-electron chi connectivity index (χ4n) is 9.92. The average Bonchev–Trinajstić information content (AvgIpc) is 3.53. The number of hydrogen-bond acceptors (Lipinski definition) is 7. The van der Waals surface area contributed by atoms with E-state index in [4.69, 9.17) is 44.1 Å². The minimum Gasteiger partial charge on any atom is -0.453 e. The summed E-state index contributed by atoms with van der Waals surface area (Å²) in [7, 11) is 0. The van der Waals surface area contributed by atoms with E-state index < -0.39 is 0 Å². The van der Waals surface area contributed by atoms with Crippen molar-refractivity contribution in [2.45, 2.75) is 0 Å². The molecule has 0 unspecified atom stereocenters. The SMILES string of the molecule is [C-]#[N+]c1cccc(-c2ccc(-c3nc(-c4ccc(-c5cccc([N+]#[C-])c5)cc4N4c5ccccc5Oc5ccccc54)nc(-c4ccc(-c5cccc([N+]#[C-])c5)cc4N4c5ccccc5Oc5ccccc54)n3)cc2)c1. The third-order valence-electron chi connectivity index (χ3n) is 13.5. The topological polar surface area (TPSA) is 76.7 Å². The van der Waals surface area contributed by atoms with Gasteiger partial charge in [-0.3, -0.25) is 0 Å². The molecule has 0 atom stereocenters.